The van der Waals surface area contributed by atoms with Crippen LogP contribution in [0.3, 0.4) is 0 Å². The van der Waals surface area contributed by atoms with E-state index in [0.29, 0.717) is 0 Å². The maximum Gasteiger partial charge on any atom is 0.0540 e. The summed E-state index contributed by atoms with van der Waals surface area (Å²) in [6.45, 7) is 11.6. The van der Waals surface area contributed by atoms with Crippen molar-refractivity contribution in [1.82, 2.24) is 9.78 Å². The van der Waals surface area contributed by atoms with E-state index >= 15 is 0 Å². The predicted molar refractivity (Wildman–Crippen MR) is 59.2 cm³/mol. The molecule has 0 saturated heterocycles. The van der Waals surface area contributed by atoms with Crippen LogP contribution in [-0.4, -0.2) is 9.78 Å². The molecule has 2 N–H and O–H groups in total. The standard InChI is InChI=1S/C11H21N3/c1-6-14-10(11(3,4)5)9(7-13-14)8(2)12/h7-8H,6,12H2,1-5H3. The summed E-state index contributed by atoms with van der Waals surface area (Å²) in [5.74, 6) is 0. The third-order valence-electron chi connectivity index (χ3n) is 2.37. The zero-order valence-electron chi connectivity index (χ0n) is 9.83. The lowest BCUT2D eigenvalue weighted by molar-refractivity contribution is 0.490. The Hall–Kier alpha value is -0.830. The minimum absolute atomic E-state index is 0.0597. The van der Waals surface area contributed by atoms with Gasteiger partial charge in [0.2, 0.25) is 0 Å². The topological polar surface area (TPSA) is 43.8 Å². The van der Waals surface area contributed by atoms with Crippen LogP contribution >= 0.6 is 0 Å². The minimum atomic E-state index is 0.0597. The van der Waals surface area contributed by atoms with Gasteiger partial charge in [0.25, 0.3) is 0 Å². The molecular weight excluding hydrogens is 174 g/mol. The van der Waals surface area contributed by atoms with Crippen molar-refractivity contribution in [2.45, 2.75) is 52.6 Å². The molecule has 3 nitrogen and oxygen atoms in total. The summed E-state index contributed by atoms with van der Waals surface area (Å²) in [5.41, 5.74) is 8.46. The highest BCUT2D eigenvalue weighted by atomic mass is 15.3. The largest absolute Gasteiger partial charge is 0.324 e. The van der Waals surface area contributed by atoms with Crippen molar-refractivity contribution in [1.29, 1.82) is 0 Å². The molecule has 3 heteroatoms. The zero-order valence-corrected chi connectivity index (χ0v) is 9.83. The van der Waals surface area contributed by atoms with Crippen molar-refractivity contribution in [2.75, 3.05) is 0 Å². The number of hydrogen-bond donors (Lipinski definition) is 1. The van der Waals surface area contributed by atoms with Crippen molar-refractivity contribution in [3.05, 3.63) is 17.5 Å². The lowest BCUT2D eigenvalue weighted by Crippen LogP contribution is -2.22. The molecule has 0 aliphatic rings. The highest BCUT2D eigenvalue weighted by molar-refractivity contribution is 5.27. The monoisotopic (exact) mass is 195 g/mol. The Labute approximate surface area is 86.3 Å². The molecule has 1 unspecified atom stereocenters. The lowest BCUT2D eigenvalue weighted by atomic mass is 9.87. The second kappa shape index (κ2) is 3.73. The summed E-state index contributed by atoms with van der Waals surface area (Å²) in [5, 5.41) is 4.36. The third kappa shape index (κ3) is 1.98. The number of nitrogens with two attached hydrogens (primary N) is 1. The fraction of sp³-hybridized carbons (Fsp3) is 0.727. The molecule has 1 aromatic heterocycles. The van der Waals surface area contributed by atoms with Crippen molar-refractivity contribution in [2.24, 2.45) is 5.73 Å². The molecule has 0 saturated carbocycles. The van der Waals surface area contributed by atoms with E-state index in [-0.39, 0.29) is 11.5 Å². The van der Waals surface area contributed by atoms with Gasteiger partial charge in [-0.1, -0.05) is 20.8 Å². The first-order chi connectivity index (χ1) is 6.38. The molecule has 80 valence electrons. The van der Waals surface area contributed by atoms with Gasteiger partial charge in [0.05, 0.1) is 6.20 Å². The molecule has 0 aliphatic carbocycles. The summed E-state index contributed by atoms with van der Waals surface area (Å²) < 4.78 is 2.04. The summed E-state index contributed by atoms with van der Waals surface area (Å²) >= 11 is 0. The maximum absolute atomic E-state index is 5.93. The van der Waals surface area contributed by atoms with Crippen LogP contribution in [0.2, 0.25) is 0 Å². The number of rotatable bonds is 2. The van der Waals surface area contributed by atoms with Crippen LogP contribution in [0.1, 0.15) is 51.9 Å². The molecule has 0 radical (unpaired) electrons. The first kappa shape index (κ1) is 11.2. The molecule has 1 aromatic rings. The van der Waals surface area contributed by atoms with E-state index in [1.807, 2.05) is 17.8 Å². The average molecular weight is 195 g/mol. The Bertz CT molecular complexity index is 305. The normalized spacial score (nSPS) is 14.4. The van der Waals surface area contributed by atoms with Crippen LogP contribution in [0.25, 0.3) is 0 Å². The third-order valence-corrected chi connectivity index (χ3v) is 2.37. The fourth-order valence-corrected chi connectivity index (χ4v) is 1.79. The van der Waals surface area contributed by atoms with Crippen molar-refractivity contribution in [3.63, 3.8) is 0 Å². The highest BCUT2D eigenvalue weighted by Crippen LogP contribution is 2.28. The molecule has 0 aliphatic heterocycles. The van der Waals surface area contributed by atoms with Gasteiger partial charge < -0.3 is 5.73 Å². The summed E-state index contributed by atoms with van der Waals surface area (Å²) in [4.78, 5) is 0. The van der Waals surface area contributed by atoms with Gasteiger partial charge in [0, 0.05) is 29.3 Å². The summed E-state index contributed by atoms with van der Waals surface area (Å²) in [6.07, 6.45) is 1.90. The molecule has 1 atom stereocenters. The Balaban J connectivity index is 3.27. The predicted octanol–water partition coefficient (Wildman–Crippen LogP) is 2.22. The molecule has 0 amide bonds. The Morgan fingerprint density at radius 2 is 2.07 bits per heavy atom. The Kier molecular flexibility index (Phi) is 3.00. The molecular formula is C11H21N3. The van der Waals surface area contributed by atoms with Crippen LogP contribution in [0, 0.1) is 0 Å². The fourth-order valence-electron chi connectivity index (χ4n) is 1.79. The van der Waals surface area contributed by atoms with Gasteiger partial charge in [-0.25, -0.2) is 0 Å². The van der Waals surface area contributed by atoms with E-state index < -0.39 is 0 Å². The molecule has 0 aromatic carbocycles. The van der Waals surface area contributed by atoms with E-state index in [2.05, 4.69) is 32.8 Å². The van der Waals surface area contributed by atoms with E-state index in [1.54, 1.807) is 0 Å². The zero-order chi connectivity index (χ0) is 10.9. The molecule has 0 fully saturated rings. The van der Waals surface area contributed by atoms with E-state index in [9.17, 15) is 0 Å². The summed E-state index contributed by atoms with van der Waals surface area (Å²) in [7, 11) is 0. The quantitative estimate of drug-likeness (QED) is 0.786. The van der Waals surface area contributed by atoms with Gasteiger partial charge in [-0.2, -0.15) is 5.10 Å². The molecule has 0 bridgehead atoms. The van der Waals surface area contributed by atoms with E-state index in [1.165, 1.54) is 11.3 Å². The number of hydrogen-bond acceptors (Lipinski definition) is 2. The van der Waals surface area contributed by atoms with Crippen molar-refractivity contribution >= 4 is 0 Å². The van der Waals surface area contributed by atoms with Gasteiger partial charge in [-0.15, -0.1) is 0 Å². The van der Waals surface area contributed by atoms with Crippen LogP contribution in [0.15, 0.2) is 6.20 Å². The van der Waals surface area contributed by atoms with Crippen molar-refractivity contribution in [3.8, 4) is 0 Å². The van der Waals surface area contributed by atoms with Crippen LogP contribution in [0.4, 0.5) is 0 Å². The Morgan fingerprint density at radius 1 is 1.50 bits per heavy atom. The smallest absolute Gasteiger partial charge is 0.0540 e. The minimum Gasteiger partial charge on any atom is -0.324 e. The lowest BCUT2D eigenvalue weighted by Gasteiger charge is -2.23. The molecule has 0 spiro atoms. The highest BCUT2D eigenvalue weighted by Gasteiger charge is 2.24. The van der Waals surface area contributed by atoms with Gasteiger partial charge in [-0.3, -0.25) is 4.68 Å². The first-order valence-corrected chi connectivity index (χ1v) is 5.19. The van der Waals surface area contributed by atoms with E-state index in [4.69, 9.17) is 5.73 Å². The van der Waals surface area contributed by atoms with Gasteiger partial charge in [0.15, 0.2) is 0 Å². The van der Waals surface area contributed by atoms with Gasteiger partial charge in [0.1, 0.15) is 0 Å². The SMILES string of the molecule is CCn1ncc(C(C)N)c1C(C)(C)C. The maximum atomic E-state index is 5.93. The molecule has 1 rings (SSSR count). The second-order valence-corrected chi connectivity index (χ2v) is 4.80. The van der Waals surface area contributed by atoms with Crippen LogP contribution in [-0.2, 0) is 12.0 Å². The van der Waals surface area contributed by atoms with Crippen LogP contribution < -0.4 is 5.73 Å². The van der Waals surface area contributed by atoms with Gasteiger partial charge in [-0.05, 0) is 13.8 Å². The average Bonchev–Trinajstić information content (AvgIpc) is 2.45. The second-order valence-electron chi connectivity index (χ2n) is 4.80. The van der Waals surface area contributed by atoms with E-state index in [0.717, 1.165) is 6.54 Å². The Morgan fingerprint density at radius 3 is 2.43 bits per heavy atom. The number of aromatic nitrogens is 2. The number of aryl methyl sites for hydroxylation is 1. The van der Waals surface area contributed by atoms with Crippen molar-refractivity contribution < 1.29 is 0 Å². The molecule has 1 heterocycles. The summed E-state index contributed by atoms with van der Waals surface area (Å²) in [6, 6.07) is 0.0597. The first-order valence-electron chi connectivity index (χ1n) is 5.19. The van der Waals surface area contributed by atoms with Gasteiger partial charge >= 0.3 is 0 Å². The van der Waals surface area contributed by atoms with Crippen LogP contribution in [0.5, 0.6) is 0 Å². The number of nitrogens with zero attached hydrogens (tertiary/aromatic N) is 2. The molecule has 14 heavy (non-hydrogen) atoms.